The lowest BCUT2D eigenvalue weighted by Gasteiger charge is -2.21. The molecule has 1 N–H and O–H groups in total. The Hall–Kier alpha value is -1.69. The highest BCUT2D eigenvalue weighted by molar-refractivity contribution is 5.77. The Morgan fingerprint density at radius 2 is 2.00 bits per heavy atom. The number of aliphatic hydroxyl groups excluding tert-OH is 1. The minimum absolute atomic E-state index is 0.125. The van der Waals surface area contributed by atoms with E-state index in [1.165, 1.54) is 0 Å². The summed E-state index contributed by atoms with van der Waals surface area (Å²) in [6.07, 6.45) is -2.63. The fourth-order valence-corrected chi connectivity index (χ4v) is 1.48. The molecule has 1 aromatic rings. The van der Waals surface area contributed by atoms with Crippen LogP contribution in [-0.2, 0) is 4.79 Å². The van der Waals surface area contributed by atoms with Gasteiger partial charge in [0.15, 0.2) is 6.61 Å². The molecular formula is C13H17F2NO3. The third-order valence-electron chi connectivity index (χ3n) is 2.46. The van der Waals surface area contributed by atoms with Gasteiger partial charge in [-0.3, -0.25) is 4.79 Å². The van der Waals surface area contributed by atoms with Gasteiger partial charge in [-0.25, -0.2) is 8.78 Å². The molecule has 0 unspecified atom stereocenters. The van der Waals surface area contributed by atoms with E-state index in [1.54, 1.807) is 12.1 Å². The molecular weight excluding hydrogens is 256 g/mol. The molecule has 0 aliphatic heterocycles. The summed E-state index contributed by atoms with van der Waals surface area (Å²) in [5.74, 6) is -0.0742. The second kappa shape index (κ2) is 7.68. The van der Waals surface area contributed by atoms with Crippen molar-refractivity contribution in [1.29, 1.82) is 0 Å². The monoisotopic (exact) mass is 273 g/mol. The van der Waals surface area contributed by atoms with Gasteiger partial charge in [-0.1, -0.05) is 17.7 Å². The number of alkyl halides is 2. The first-order chi connectivity index (χ1) is 9.02. The fraction of sp³-hybridized carbons (Fsp3) is 0.462. The van der Waals surface area contributed by atoms with Crippen LogP contribution in [0.4, 0.5) is 8.78 Å². The summed E-state index contributed by atoms with van der Waals surface area (Å²) < 4.78 is 29.7. The lowest BCUT2D eigenvalue weighted by molar-refractivity contribution is -0.135. The number of ether oxygens (including phenoxy) is 1. The Morgan fingerprint density at radius 3 is 2.53 bits per heavy atom. The minimum atomic E-state index is -2.63. The number of carbonyl (C=O) groups excluding carboxylic acids is 1. The van der Waals surface area contributed by atoms with Crippen LogP contribution in [0.3, 0.4) is 0 Å². The summed E-state index contributed by atoms with van der Waals surface area (Å²) in [4.78, 5) is 12.6. The van der Waals surface area contributed by atoms with Crippen molar-refractivity contribution >= 4 is 5.91 Å². The Morgan fingerprint density at radius 1 is 1.37 bits per heavy atom. The van der Waals surface area contributed by atoms with E-state index in [0.717, 1.165) is 10.5 Å². The topological polar surface area (TPSA) is 49.8 Å². The van der Waals surface area contributed by atoms with Gasteiger partial charge in [0.25, 0.3) is 12.3 Å². The minimum Gasteiger partial charge on any atom is -0.484 e. The largest absolute Gasteiger partial charge is 0.484 e. The average molecular weight is 273 g/mol. The van der Waals surface area contributed by atoms with E-state index >= 15 is 0 Å². The van der Waals surface area contributed by atoms with Crippen LogP contribution in [0, 0.1) is 6.92 Å². The SMILES string of the molecule is Cc1ccc(OCC(=O)N(CCO)CC(F)F)cc1. The molecule has 0 aliphatic rings. The summed E-state index contributed by atoms with van der Waals surface area (Å²) in [6.45, 7) is 0.413. The van der Waals surface area contributed by atoms with E-state index in [1.807, 2.05) is 19.1 Å². The van der Waals surface area contributed by atoms with Gasteiger partial charge in [0.05, 0.1) is 13.2 Å². The molecule has 0 fully saturated rings. The first-order valence-corrected chi connectivity index (χ1v) is 5.89. The number of nitrogens with zero attached hydrogens (tertiary/aromatic N) is 1. The summed E-state index contributed by atoms with van der Waals surface area (Å²) in [5, 5.41) is 8.73. The van der Waals surface area contributed by atoms with Crippen molar-refractivity contribution in [3.63, 3.8) is 0 Å². The standard InChI is InChI=1S/C13H17F2NO3/c1-10-2-4-11(5-3-10)19-9-13(18)16(6-7-17)8-12(14)15/h2-5,12,17H,6-9H2,1H3. The van der Waals surface area contributed by atoms with Crippen LogP contribution < -0.4 is 4.74 Å². The van der Waals surface area contributed by atoms with Crippen LogP contribution in [0.1, 0.15) is 5.56 Å². The predicted molar refractivity (Wildman–Crippen MR) is 66.3 cm³/mol. The van der Waals surface area contributed by atoms with Crippen molar-refractivity contribution in [2.75, 3.05) is 26.3 Å². The Balaban J connectivity index is 2.49. The van der Waals surface area contributed by atoms with E-state index in [-0.39, 0.29) is 19.8 Å². The maximum Gasteiger partial charge on any atom is 0.260 e. The molecule has 0 saturated heterocycles. The molecule has 1 aromatic carbocycles. The highest BCUT2D eigenvalue weighted by Crippen LogP contribution is 2.11. The Kier molecular flexibility index (Phi) is 6.21. The maximum atomic E-state index is 12.3. The number of amides is 1. The van der Waals surface area contributed by atoms with Gasteiger partial charge in [-0.05, 0) is 19.1 Å². The maximum absolute atomic E-state index is 12.3. The van der Waals surface area contributed by atoms with E-state index < -0.39 is 18.9 Å². The molecule has 0 aromatic heterocycles. The molecule has 0 atom stereocenters. The van der Waals surface area contributed by atoms with E-state index in [9.17, 15) is 13.6 Å². The quantitative estimate of drug-likeness (QED) is 0.818. The molecule has 0 spiro atoms. The first-order valence-electron chi connectivity index (χ1n) is 5.89. The van der Waals surface area contributed by atoms with Crippen LogP contribution in [0.2, 0.25) is 0 Å². The summed E-state index contributed by atoms with van der Waals surface area (Å²) in [6, 6.07) is 7.05. The molecule has 106 valence electrons. The number of aliphatic hydroxyl groups is 1. The van der Waals surface area contributed by atoms with Crippen LogP contribution >= 0.6 is 0 Å². The van der Waals surface area contributed by atoms with Gasteiger partial charge in [0, 0.05) is 6.54 Å². The number of hydrogen-bond acceptors (Lipinski definition) is 3. The van der Waals surface area contributed by atoms with Gasteiger partial charge in [-0.2, -0.15) is 0 Å². The number of hydrogen-bond donors (Lipinski definition) is 1. The Bertz CT molecular complexity index is 395. The van der Waals surface area contributed by atoms with E-state index in [0.29, 0.717) is 5.75 Å². The van der Waals surface area contributed by atoms with E-state index in [4.69, 9.17) is 9.84 Å². The zero-order chi connectivity index (χ0) is 14.3. The van der Waals surface area contributed by atoms with Crippen molar-refractivity contribution in [2.24, 2.45) is 0 Å². The highest BCUT2D eigenvalue weighted by Gasteiger charge is 2.18. The van der Waals surface area contributed by atoms with Crippen LogP contribution in [0.5, 0.6) is 5.75 Å². The molecule has 1 rings (SSSR count). The van der Waals surface area contributed by atoms with Gasteiger partial charge in [0.1, 0.15) is 5.75 Å². The molecule has 0 saturated carbocycles. The molecule has 19 heavy (non-hydrogen) atoms. The summed E-state index contributed by atoms with van der Waals surface area (Å²) in [7, 11) is 0. The number of carbonyl (C=O) groups is 1. The smallest absolute Gasteiger partial charge is 0.260 e. The van der Waals surface area contributed by atoms with Crippen molar-refractivity contribution < 1.29 is 23.4 Å². The van der Waals surface area contributed by atoms with Crippen molar-refractivity contribution in [3.05, 3.63) is 29.8 Å². The Labute approximate surface area is 110 Å². The first kappa shape index (κ1) is 15.4. The van der Waals surface area contributed by atoms with Crippen LogP contribution in [-0.4, -0.2) is 48.6 Å². The molecule has 0 aliphatic carbocycles. The van der Waals surface area contributed by atoms with Gasteiger partial charge in [-0.15, -0.1) is 0 Å². The molecule has 6 heteroatoms. The number of aryl methyl sites for hydroxylation is 1. The lowest BCUT2D eigenvalue weighted by atomic mass is 10.2. The lowest BCUT2D eigenvalue weighted by Crippen LogP contribution is -2.40. The fourth-order valence-electron chi connectivity index (χ4n) is 1.48. The zero-order valence-electron chi connectivity index (χ0n) is 10.7. The van der Waals surface area contributed by atoms with Gasteiger partial charge >= 0.3 is 0 Å². The normalized spacial score (nSPS) is 10.6. The molecule has 1 amide bonds. The third kappa shape index (κ3) is 5.65. The predicted octanol–water partition coefficient (Wildman–Crippen LogP) is 1.46. The van der Waals surface area contributed by atoms with Crippen molar-refractivity contribution in [3.8, 4) is 5.75 Å². The number of benzene rings is 1. The van der Waals surface area contributed by atoms with Gasteiger partial charge in [0.2, 0.25) is 0 Å². The molecule has 0 heterocycles. The van der Waals surface area contributed by atoms with Crippen molar-refractivity contribution in [1.82, 2.24) is 4.90 Å². The summed E-state index contributed by atoms with van der Waals surface area (Å²) >= 11 is 0. The number of halogens is 2. The van der Waals surface area contributed by atoms with Crippen LogP contribution in [0.25, 0.3) is 0 Å². The van der Waals surface area contributed by atoms with Crippen LogP contribution in [0.15, 0.2) is 24.3 Å². The second-order valence-electron chi connectivity index (χ2n) is 4.06. The van der Waals surface area contributed by atoms with Gasteiger partial charge < -0.3 is 14.7 Å². The number of rotatable bonds is 7. The van der Waals surface area contributed by atoms with Crippen molar-refractivity contribution in [2.45, 2.75) is 13.3 Å². The summed E-state index contributed by atoms with van der Waals surface area (Å²) in [5.41, 5.74) is 1.05. The zero-order valence-corrected chi connectivity index (χ0v) is 10.7. The molecule has 4 nitrogen and oxygen atoms in total. The molecule has 0 radical (unpaired) electrons. The third-order valence-corrected chi connectivity index (χ3v) is 2.46. The molecule has 0 bridgehead atoms. The van der Waals surface area contributed by atoms with E-state index in [2.05, 4.69) is 0 Å². The average Bonchev–Trinajstić information content (AvgIpc) is 2.37. The highest BCUT2D eigenvalue weighted by atomic mass is 19.3. The second-order valence-corrected chi connectivity index (χ2v) is 4.06.